The number of hydrogen-bond donors (Lipinski definition) is 2. The average Bonchev–Trinajstić information content (AvgIpc) is 2.26. The maximum atomic E-state index is 10.6. The zero-order valence-corrected chi connectivity index (χ0v) is 10.4. The summed E-state index contributed by atoms with van der Waals surface area (Å²) in [6.07, 6.45) is 0.907. The number of nitrogens with zero attached hydrogens (tertiary/aromatic N) is 1. The Morgan fingerprint density at radius 2 is 2.24 bits per heavy atom. The van der Waals surface area contributed by atoms with Gasteiger partial charge in [-0.3, -0.25) is 4.79 Å². The fraction of sp³-hybridized carbons (Fsp3) is 0.462. The van der Waals surface area contributed by atoms with Gasteiger partial charge in [0.1, 0.15) is 6.04 Å². The molecule has 94 valence electrons. The van der Waals surface area contributed by atoms with Gasteiger partial charge in [0.25, 0.3) is 0 Å². The fourth-order valence-electron chi connectivity index (χ4n) is 1.69. The highest BCUT2D eigenvalue weighted by Crippen LogP contribution is 2.05. The molecule has 0 fully saturated rings. The van der Waals surface area contributed by atoms with E-state index in [2.05, 4.69) is 25.1 Å². The third kappa shape index (κ3) is 4.97. The number of carboxylic acid groups (broad SMARTS) is 1. The lowest BCUT2D eigenvalue weighted by atomic mass is 10.1. The van der Waals surface area contributed by atoms with Gasteiger partial charge in [-0.2, -0.15) is 0 Å². The zero-order chi connectivity index (χ0) is 12.8. The number of benzene rings is 1. The van der Waals surface area contributed by atoms with E-state index in [-0.39, 0.29) is 0 Å². The SMILES string of the molecule is Cc1cccc(CCN(C)CC(N)C(=O)O)c1. The first-order valence-electron chi connectivity index (χ1n) is 5.71. The molecule has 0 bridgehead atoms. The number of nitrogens with two attached hydrogens (primary N) is 1. The van der Waals surface area contributed by atoms with Crippen LogP contribution in [0.25, 0.3) is 0 Å². The fourth-order valence-corrected chi connectivity index (χ4v) is 1.69. The molecule has 1 unspecified atom stereocenters. The minimum Gasteiger partial charge on any atom is -0.480 e. The van der Waals surface area contributed by atoms with E-state index >= 15 is 0 Å². The van der Waals surface area contributed by atoms with Crippen molar-refractivity contribution in [3.05, 3.63) is 35.4 Å². The molecule has 3 N–H and O–H groups in total. The van der Waals surface area contributed by atoms with Crippen LogP contribution >= 0.6 is 0 Å². The summed E-state index contributed by atoms with van der Waals surface area (Å²) in [6.45, 7) is 3.25. The van der Waals surface area contributed by atoms with Gasteiger partial charge in [-0.1, -0.05) is 29.8 Å². The van der Waals surface area contributed by atoms with Crippen LogP contribution in [0.2, 0.25) is 0 Å². The van der Waals surface area contributed by atoms with Crippen molar-refractivity contribution in [1.29, 1.82) is 0 Å². The van der Waals surface area contributed by atoms with Gasteiger partial charge >= 0.3 is 5.97 Å². The average molecular weight is 236 g/mol. The smallest absolute Gasteiger partial charge is 0.321 e. The van der Waals surface area contributed by atoms with Crippen molar-refractivity contribution in [3.63, 3.8) is 0 Å². The highest BCUT2D eigenvalue weighted by Gasteiger charge is 2.13. The molecule has 0 aliphatic heterocycles. The van der Waals surface area contributed by atoms with Crippen LogP contribution in [0.1, 0.15) is 11.1 Å². The first-order valence-corrected chi connectivity index (χ1v) is 5.71. The van der Waals surface area contributed by atoms with Crippen molar-refractivity contribution in [2.24, 2.45) is 5.73 Å². The Labute approximate surface area is 102 Å². The summed E-state index contributed by atoms with van der Waals surface area (Å²) in [7, 11) is 1.89. The molecule has 1 atom stereocenters. The largest absolute Gasteiger partial charge is 0.480 e. The van der Waals surface area contributed by atoms with Gasteiger partial charge in [0.05, 0.1) is 0 Å². The minimum absolute atomic E-state index is 0.376. The number of aliphatic carboxylic acids is 1. The van der Waals surface area contributed by atoms with Crippen LogP contribution in [0.5, 0.6) is 0 Å². The van der Waals surface area contributed by atoms with Crippen molar-refractivity contribution < 1.29 is 9.90 Å². The molecule has 0 amide bonds. The third-order valence-corrected chi connectivity index (χ3v) is 2.69. The highest BCUT2D eigenvalue weighted by atomic mass is 16.4. The number of carbonyl (C=O) groups is 1. The molecule has 0 spiro atoms. The topological polar surface area (TPSA) is 66.6 Å². The summed E-state index contributed by atoms with van der Waals surface area (Å²) in [5.74, 6) is -0.951. The molecule has 0 saturated carbocycles. The number of carboxylic acids is 1. The molecule has 0 aliphatic carbocycles. The Morgan fingerprint density at radius 3 is 2.82 bits per heavy atom. The molecule has 0 aromatic heterocycles. The maximum Gasteiger partial charge on any atom is 0.321 e. The summed E-state index contributed by atoms with van der Waals surface area (Å²) in [4.78, 5) is 12.5. The van der Waals surface area contributed by atoms with E-state index < -0.39 is 12.0 Å². The van der Waals surface area contributed by atoms with Crippen LogP contribution < -0.4 is 5.73 Å². The molecular formula is C13H20N2O2. The number of aryl methyl sites for hydroxylation is 1. The Bertz CT molecular complexity index is 379. The molecular weight excluding hydrogens is 216 g/mol. The number of hydrogen-bond acceptors (Lipinski definition) is 3. The van der Waals surface area contributed by atoms with Crippen LogP contribution in [0, 0.1) is 6.92 Å². The first kappa shape index (κ1) is 13.7. The van der Waals surface area contributed by atoms with E-state index in [4.69, 9.17) is 10.8 Å². The number of likely N-dealkylation sites (N-methyl/N-ethyl adjacent to an activating group) is 1. The third-order valence-electron chi connectivity index (χ3n) is 2.69. The van der Waals surface area contributed by atoms with E-state index in [0.717, 1.165) is 13.0 Å². The monoisotopic (exact) mass is 236 g/mol. The lowest BCUT2D eigenvalue weighted by Gasteiger charge is -2.18. The zero-order valence-electron chi connectivity index (χ0n) is 10.4. The van der Waals surface area contributed by atoms with E-state index in [1.807, 2.05) is 18.0 Å². The van der Waals surface area contributed by atoms with Crippen molar-refractivity contribution >= 4 is 5.97 Å². The van der Waals surface area contributed by atoms with Crippen molar-refractivity contribution in [1.82, 2.24) is 4.90 Å². The van der Waals surface area contributed by atoms with E-state index in [0.29, 0.717) is 6.54 Å². The summed E-state index contributed by atoms with van der Waals surface area (Å²) in [6, 6.07) is 7.52. The molecule has 4 nitrogen and oxygen atoms in total. The van der Waals surface area contributed by atoms with E-state index in [1.165, 1.54) is 11.1 Å². The Morgan fingerprint density at radius 1 is 1.53 bits per heavy atom. The van der Waals surface area contributed by atoms with Crippen molar-refractivity contribution in [2.75, 3.05) is 20.1 Å². The predicted octanol–water partition coefficient (Wildman–Crippen LogP) is 0.881. The van der Waals surface area contributed by atoms with Crippen LogP contribution in [0.3, 0.4) is 0 Å². The second-order valence-corrected chi connectivity index (χ2v) is 4.45. The minimum atomic E-state index is -0.951. The number of rotatable bonds is 6. The van der Waals surface area contributed by atoms with Gasteiger partial charge in [-0.15, -0.1) is 0 Å². The van der Waals surface area contributed by atoms with Crippen molar-refractivity contribution in [2.45, 2.75) is 19.4 Å². The molecule has 0 aliphatic rings. The van der Waals surface area contributed by atoms with Gasteiger partial charge in [0, 0.05) is 13.1 Å². The summed E-state index contributed by atoms with van der Waals surface area (Å²) < 4.78 is 0. The van der Waals surface area contributed by atoms with E-state index in [1.54, 1.807) is 0 Å². The van der Waals surface area contributed by atoms with Gasteiger partial charge in [-0.05, 0) is 26.0 Å². The first-order chi connectivity index (χ1) is 7.99. The van der Waals surface area contributed by atoms with Crippen LogP contribution in [-0.4, -0.2) is 42.2 Å². The van der Waals surface area contributed by atoms with E-state index in [9.17, 15) is 4.79 Å². The van der Waals surface area contributed by atoms with Gasteiger partial charge in [0.15, 0.2) is 0 Å². The second kappa shape index (κ2) is 6.37. The van der Waals surface area contributed by atoms with Gasteiger partial charge in [-0.25, -0.2) is 0 Å². The molecule has 0 saturated heterocycles. The molecule has 0 radical (unpaired) electrons. The quantitative estimate of drug-likeness (QED) is 0.769. The standard InChI is InChI=1S/C13H20N2O2/c1-10-4-3-5-11(8-10)6-7-15(2)9-12(14)13(16)17/h3-5,8,12H,6-7,9,14H2,1-2H3,(H,16,17). The van der Waals surface area contributed by atoms with Gasteiger partial charge in [0.2, 0.25) is 0 Å². The Balaban J connectivity index is 2.38. The Kier molecular flexibility index (Phi) is 5.12. The molecule has 1 aromatic carbocycles. The molecule has 1 aromatic rings. The maximum absolute atomic E-state index is 10.6. The summed E-state index contributed by atoms with van der Waals surface area (Å²) in [5.41, 5.74) is 7.98. The molecule has 1 rings (SSSR count). The lowest BCUT2D eigenvalue weighted by molar-refractivity contribution is -0.138. The lowest BCUT2D eigenvalue weighted by Crippen LogP contribution is -2.41. The normalized spacial score (nSPS) is 12.7. The van der Waals surface area contributed by atoms with Crippen LogP contribution in [-0.2, 0) is 11.2 Å². The van der Waals surface area contributed by atoms with Crippen molar-refractivity contribution in [3.8, 4) is 0 Å². The molecule has 17 heavy (non-hydrogen) atoms. The second-order valence-electron chi connectivity index (χ2n) is 4.45. The summed E-state index contributed by atoms with van der Waals surface area (Å²) >= 11 is 0. The summed E-state index contributed by atoms with van der Waals surface area (Å²) in [5, 5.41) is 8.70. The molecule has 4 heteroatoms. The highest BCUT2D eigenvalue weighted by molar-refractivity contribution is 5.73. The van der Waals surface area contributed by atoms with Crippen LogP contribution in [0.4, 0.5) is 0 Å². The van der Waals surface area contributed by atoms with Crippen LogP contribution in [0.15, 0.2) is 24.3 Å². The van der Waals surface area contributed by atoms with Gasteiger partial charge < -0.3 is 15.7 Å². The predicted molar refractivity (Wildman–Crippen MR) is 68.0 cm³/mol. The molecule has 0 heterocycles. The Hall–Kier alpha value is -1.39.